The lowest BCUT2D eigenvalue weighted by Gasteiger charge is -2.32. The molecule has 1 atom stereocenters. The van der Waals surface area contributed by atoms with Crippen LogP contribution in [-0.2, 0) is 0 Å². The maximum atomic E-state index is 5.49. The van der Waals surface area contributed by atoms with Crippen LogP contribution in [0.15, 0.2) is 54.6 Å². The van der Waals surface area contributed by atoms with E-state index < -0.39 is 0 Å². The predicted molar refractivity (Wildman–Crippen MR) is 114 cm³/mol. The van der Waals surface area contributed by atoms with Gasteiger partial charge in [-0.15, -0.1) is 0 Å². The summed E-state index contributed by atoms with van der Waals surface area (Å²) < 4.78 is 10.9. The number of rotatable bonds is 4. The van der Waals surface area contributed by atoms with Crippen LogP contribution in [0.25, 0.3) is 11.3 Å². The second-order valence-corrected chi connectivity index (χ2v) is 7.69. The molecule has 6 nitrogen and oxygen atoms in total. The van der Waals surface area contributed by atoms with E-state index in [0.29, 0.717) is 11.9 Å². The highest BCUT2D eigenvalue weighted by molar-refractivity contribution is 5.67. The molecule has 0 radical (unpaired) electrons. The van der Waals surface area contributed by atoms with E-state index in [2.05, 4.69) is 35.3 Å². The van der Waals surface area contributed by atoms with Crippen molar-refractivity contribution in [1.82, 2.24) is 9.97 Å². The highest BCUT2D eigenvalue weighted by Gasteiger charge is 2.20. The highest BCUT2D eigenvalue weighted by Crippen LogP contribution is 2.35. The third kappa shape index (κ3) is 3.83. The molecule has 0 aliphatic carbocycles. The molecule has 1 saturated heterocycles. The minimum Gasteiger partial charge on any atom is -0.454 e. The average Bonchev–Trinajstić information content (AvgIpc) is 3.22. The summed E-state index contributed by atoms with van der Waals surface area (Å²) in [4.78, 5) is 12.0. The summed E-state index contributed by atoms with van der Waals surface area (Å²) in [6.07, 6.45) is 2.46. The Hall–Kier alpha value is -3.28. The number of ether oxygens (including phenoxy) is 2. The summed E-state index contributed by atoms with van der Waals surface area (Å²) in [7, 11) is 0. The van der Waals surface area contributed by atoms with Gasteiger partial charge in [0.05, 0.1) is 5.69 Å². The Morgan fingerprint density at radius 3 is 2.72 bits per heavy atom. The van der Waals surface area contributed by atoms with Gasteiger partial charge in [-0.25, -0.2) is 4.98 Å². The van der Waals surface area contributed by atoms with E-state index >= 15 is 0 Å². The molecule has 0 saturated carbocycles. The van der Waals surface area contributed by atoms with Crippen molar-refractivity contribution < 1.29 is 9.47 Å². The molecule has 0 amide bonds. The molecule has 6 heteroatoms. The lowest BCUT2D eigenvalue weighted by molar-refractivity contribution is 0.174. The molecule has 2 aliphatic rings. The third-order valence-corrected chi connectivity index (χ3v) is 5.39. The van der Waals surface area contributed by atoms with Crippen molar-refractivity contribution in [3.63, 3.8) is 0 Å². The molecule has 0 bridgehead atoms. The van der Waals surface area contributed by atoms with Crippen LogP contribution < -0.4 is 19.7 Å². The fourth-order valence-electron chi connectivity index (χ4n) is 3.91. The Morgan fingerprint density at radius 2 is 1.86 bits per heavy atom. The molecule has 29 heavy (non-hydrogen) atoms. The Morgan fingerprint density at radius 1 is 1.00 bits per heavy atom. The smallest absolute Gasteiger partial charge is 0.231 e. The van der Waals surface area contributed by atoms with Gasteiger partial charge in [-0.3, -0.25) is 0 Å². The Kier molecular flexibility index (Phi) is 4.68. The zero-order valence-corrected chi connectivity index (χ0v) is 16.5. The van der Waals surface area contributed by atoms with Gasteiger partial charge in [0.15, 0.2) is 11.5 Å². The molecular weight excluding hydrogens is 364 g/mol. The second-order valence-electron chi connectivity index (χ2n) is 7.69. The van der Waals surface area contributed by atoms with Crippen molar-refractivity contribution in [3.8, 4) is 22.8 Å². The molecule has 2 aliphatic heterocycles. The van der Waals surface area contributed by atoms with Crippen LogP contribution in [0, 0.1) is 5.92 Å². The first-order valence-electron chi connectivity index (χ1n) is 10.1. The number of hydrogen-bond donors (Lipinski definition) is 1. The topological polar surface area (TPSA) is 59.5 Å². The minimum atomic E-state index is 0.260. The molecule has 1 fully saturated rings. The van der Waals surface area contributed by atoms with Gasteiger partial charge < -0.3 is 19.7 Å². The Balaban J connectivity index is 1.50. The number of nitrogens with zero attached hydrogens (tertiary/aromatic N) is 3. The van der Waals surface area contributed by atoms with Crippen LogP contribution in [0.2, 0.25) is 0 Å². The quantitative estimate of drug-likeness (QED) is 0.689. The van der Waals surface area contributed by atoms with Crippen molar-refractivity contribution in [2.75, 3.05) is 30.1 Å². The van der Waals surface area contributed by atoms with E-state index in [1.807, 2.05) is 36.4 Å². The van der Waals surface area contributed by atoms with Gasteiger partial charge in [-0.05, 0) is 30.9 Å². The summed E-state index contributed by atoms with van der Waals surface area (Å²) in [6.45, 7) is 4.61. The Bertz CT molecular complexity index is 1010. The van der Waals surface area contributed by atoms with Crippen molar-refractivity contribution in [2.24, 2.45) is 5.92 Å². The van der Waals surface area contributed by atoms with Crippen molar-refractivity contribution in [1.29, 1.82) is 0 Å². The van der Waals surface area contributed by atoms with Gasteiger partial charge in [0.2, 0.25) is 12.7 Å². The number of hydrogen-bond acceptors (Lipinski definition) is 6. The second kappa shape index (κ2) is 7.62. The van der Waals surface area contributed by atoms with Crippen molar-refractivity contribution in [2.45, 2.75) is 19.8 Å². The maximum absolute atomic E-state index is 5.49. The van der Waals surface area contributed by atoms with Crippen LogP contribution in [0.1, 0.15) is 19.8 Å². The van der Waals surface area contributed by atoms with Gasteiger partial charge in [-0.2, -0.15) is 4.98 Å². The SMILES string of the molecule is CC1CCCN(c2cc(-c3ccccc3)nc(Nc3ccc4c(c3)OCO4)n2)C1. The van der Waals surface area contributed by atoms with Gasteiger partial charge in [0.1, 0.15) is 5.82 Å². The number of piperidine rings is 1. The summed E-state index contributed by atoms with van der Waals surface area (Å²) >= 11 is 0. The number of fused-ring (bicyclic) bond motifs is 1. The van der Waals surface area contributed by atoms with E-state index in [-0.39, 0.29) is 6.79 Å². The lowest BCUT2D eigenvalue weighted by Crippen LogP contribution is -2.35. The molecular formula is C23H24N4O2. The fourth-order valence-corrected chi connectivity index (χ4v) is 3.91. The molecule has 1 unspecified atom stereocenters. The molecule has 3 aromatic rings. The van der Waals surface area contributed by atoms with Crippen LogP contribution in [0.5, 0.6) is 11.5 Å². The van der Waals surface area contributed by atoms with E-state index in [4.69, 9.17) is 19.4 Å². The fraction of sp³-hybridized carbons (Fsp3) is 0.304. The normalized spacial score (nSPS) is 18.0. The predicted octanol–water partition coefficient (Wildman–Crippen LogP) is 4.85. The van der Waals surface area contributed by atoms with Gasteiger partial charge in [0, 0.05) is 36.5 Å². The van der Waals surface area contributed by atoms with Crippen LogP contribution in [0.4, 0.5) is 17.5 Å². The van der Waals surface area contributed by atoms with Gasteiger partial charge in [0.25, 0.3) is 0 Å². The first kappa shape index (κ1) is 17.8. The number of aromatic nitrogens is 2. The molecule has 2 aromatic carbocycles. The molecule has 0 spiro atoms. The van der Waals surface area contributed by atoms with Crippen LogP contribution in [0.3, 0.4) is 0 Å². The summed E-state index contributed by atoms with van der Waals surface area (Å²) in [5.41, 5.74) is 2.87. The average molecular weight is 388 g/mol. The summed E-state index contributed by atoms with van der Waals surface area (Å²) in [6, 6.07) is 18.1. The highest BCUT2D eigenvalue weighted by atomic mass is 16.7. The number of benzene rings is 2. The van der Waals surface area contributed by atoms with E-state index in [1.54, 1.807) is 0 Å². The summed E-state index contributed by atoms with van der Waals surface area (Å²) in [5, 5.41) is 3.35. The van der Waals surface area contributed by atoms with Crippen LogP contribution in [-0.4, -0.2) is 29.9 Å². The molecule has 3 heterocycles. The van der Waals surface area contributed by atoms with Crippen LogP contribution >= 0.6 is 0 Å². The third-order valence-electron chi connectivity index (χ3n) is 5.39. The number of nitrogens with one attached hydrogen (secondary N) is 1. The zero-order chi connectivity index (χ0) is 19.6. The standard InChI is InChI=1S/C23H24N4O2/c1-16-6-5-11-27(14-16)22-13-19(17-7-3-2-4-8-17)25-23(26-22)24-18-9-10-20-21(12-18)29-15-28-20/h2-4,7-10,12-13,16H,5-6,11,14-15H2,1H3,(H,24,25,26). The molecule has 148 valence electrons. The zero-order valence-electron chi connectivity index (χ0n) is 16.5. The Labute approximate surface area is 170 Å². The number of anilines is 3. The lowest BCUT2D eigenvalue weighted by atomic mass is 10.0. The largest absolute Gasteiger partial charge is 0.454 e. The van der Waals surface area contributed by atoms with E-state index in [0.717, 1.165) is 47.4 Å². The summed E-state index contributed by atoms with van der Waals surface area (Å²) in [5.74, 6) is 3.72. The van der Waals surface area contributed by atoms with E-state index in [9.17, 15) is 0 Å². The minimum absolute atomic E-state index is 0.260. The molecule has 1 N–H and O–H groups in total. The molecule has 1 aromatic heterocycles. The first-order chi connectivity index (χ1) is 14.2. The van der Waals surface area contributed by atoms with Gasteiger partial charge >= 0.3 is 0 Å². The first-order valence-corrected chi connectivity index (χ1v) is 10.1. The van der Waals surface area contributed by atoms with Crippen molar-refractivity contribution >= 4 is 17.5 Å². The van der Waals surface area contributed by atoms with Crippen molar-refractivity contribution in [3.05, 3.63) is 54.6 Å². The maximum Gasteiger partial charge on any atom is 0.231 e. The monoisotopic (exact) mass is 388 g/mol. The molecule has 5 rings (SSSR count). The van der Waals surface area contributed by atoms with E-state index in [1.165, 1.54) is 12.8 Å². The van der Waals surface area contributed by atoms with Gasteiger partial charge in [-0.1, -0.05) is 37.3 Å².